The van der Waals surface area contributed by atoms with E-state index in [-0.39, 0.29) is 0 Å². The molecule has 18 heavy (non-hydrogen) atoms. The van der Waals surface area contributed by atoms with Gasteiger partial charge in [-0.05, 0) is 37.9 Å². The second-order valence-electron chi connectivity index (χ2n) is 4.81. The minimum absolute atomic E-state index is 0.408. The maximum absolute atomic E-state index is 4.20. The van der Waals surface area contributed by atoms with Crippen LogP contribution in [0, 0.1) is 6.92 Å². The van der Waals surface area contributed by atoms with Crippen molar-refractivity contribution < 1.29 is 0 Å². The largest absolute Gasteiger partial charge is 0.313 e. The van der Waals surface area contributed by atoms with Crippen LogP contribution in [0.5, 0.6) is 0 Å². The molecule has 0 saturated carbocycles. The van der Waals surface area contributed by atoms with E-state index in [1.54, 1.807) is 0 Å². The fourth-order valence-corrected chi connectivity index (χ4v) is 2.19. The third-order valence-electron chi connectivity index (χ3n) is 3.31. The number of nitrogens with one attached hydrogen (secondary N) is 1. The van der Waals surface area contributed by atoms with Crippen LogP contribution >= 0.6 is 0 Å². The van der Waals surface area contributed by atoms with Crippen LogP contribution in [0.25, 0.3) is 0 Å². The van der Waals surface area contributed by atoms with Gasteiger partial charge in [0.2, 0.25) is 0 Å². The maximum Gasteiger partial charge on any atom is 0.0521 e. The van der Waals surface area contributed by atoms with Gasteiger partial charge in [-0.1, -0.05) is 29.8 Å². The van der Waals surface area contributed by atoms with Crippen LogP contribution in [0.4, 0.5) is 0 Å². The number of benzene rings is 1. The molecule has 3 nitrogen and oxygen atoms in total. The summed E-state index contributed by atoms with van der Waals surface area (Å²) < 4.78 is 1.86. The lowest BCUT2D eigenvalue weighted by molar-refractivity contribution is 0.549. The lowest BCUT2D eigenvalue weighted by Crippen LogP contribution is -2.17. The Balaban J connectivity index is 1.99. The molecule has 0 spiro atoms. The van der Waals surface area contributed by atoms with E-state index in [0.29, 0.717) is 6.04 Å². The first-order valence-corrected chi connectivity index (χ1v) is 6.40. The molecule has 2 rings (SSSR count). The summed E-state index contributed by atoms with van der Waals surface area (Å²) in [7, 11) is 3.98. The van der Waals surface area contributed by atoms with E-state index >= 15 is 0 Å². The molecule has 0 radical (unpaired) electrons. The summed E-state index contributed by atoms with van der Waals surface area (Å²) in [4.78, 5) is 0. The van der Waals surface area contributed by atoms with Crippen LogP contribution in [0.1, 0.15) is 29.2 Å². The fraction of sp³-hybridized carbons (Fsp3) is 0.400. The van der Waals surface area contributed by atoms with Gasteiger partial charge in [0.25, 0.3) is 0 Å². The molecule has 0 saturated heterocycles. The lowest BCUT2D eigenvalue weighted by atomic mass is 9.99. The number of rotatable bonds is 5. The molecule has 1 aromatic carbocycles. The Morgan fingerprint density at radius 2 is 2.00 bits per heavy atom. The molecule has 0 amide bonds. The fourth-order valence-electron chi connectivity index (χ4n) is 2.19. The third-order valence-corrected chi connectivity index (χ3v) is 3.31. The average molecular weight is 243 g/mol. The van der Waals surface area contributed by atoms with Gasteiger partial charge in [-0.3, -0.25) is 4.68 Å². The molecule has 0 aliphatic carbocycles. The first-order chi connectivity index (χ1) is 8.69. The van der Waals surface area contributed by atoms with Gasteiger partial charge in [-0.15, -0.1) is 0 Å². The van der Waals surface area contributed by atoms with Crippen molar-refractivity contribution in [2.75, 3.05) is 7.05 Å². The Bertz CT molecular complexity index is 485. The Labute approximate surface area is 109 Å². The average Bonchev–Trinajstić information content (AvgIpc) is 2.78. The molecule has 1 unspecified atom stereocenters. The van der Waals surface area contributed by atoms with Crippen molar-refractivity contribution in [3.63, 3.8) is 0 Å². The minimum Gasteiger partial charge on any atom is -0.313 e. The molecular formula is C15H21N3. The van der Waals surface area contributed by atoms with Gasteiger partial charge in [-0.25, -0.2) is 0 Å². The zero-order valence-electron chi connectivity index (χ0n) is 11.4. The van der Waals surface area contributed by atoms with E-state index in [1.165, 1.54) is 16.7 Å². The summed E-state index contributed by atoms with van der Waals surface area (Å²) in [6.07, 6.45) is 6.17. The molecule has 1 atom stereocenters. The molecule has 1 N–H and O–H groups in total. The zero-order chi connectivity index (χ0) is 13.0. The molecule has 0 fully saturated rings. The highest BCUT2D eigenvalue weighted by molar-refractivity contribution is 5.24. The summed E-state index contributed by atoms with van der Waals surface area (Å²) in [5.74, 6) is 0. The number of hydrogen-bond donors (Lipinski definition) is 1. The quantitative estimate of drug-likeness (QED) is 0.875. The predicted octanol–water partition coefficient (Wildman–Crippen LogP) is 2.62. The van der Waals surface area contributed by atoms with Crippen molar-refractivity contribution in [3.05, 3.63) is 53.3 Å². The highest BCUT2D eigenvalue weighted by Gasteiger charge is 2.09. The normalized spacial score (nSPS) is 12.6. The summed E-state index contributed by atoms with van der Waals surface area (Å²) in [6.45, 7) is 2.12. The van der Waals surface area contributed by atoms with E-state index in [1.807, 2.05) is 25.0 Å². The van der Waals surface area contributed by atoms with Crippen LogP contribution in [0.2, 0.25) is 0 Å². The second-order valence-corrected chi connectivity index (χ2v) is 4.81. The van der Waals surface area contributed by atoms with Gasteiger partial charge in [0, 0.05) is 19.3 Å². The molecule has 3 heteroatoms. The number of hydrogen-bond acceptors (Lipinski definition) is 2. The Kier molecular flexibility index (Phi) is 4.15. The van der Waals surface area contributed by atoms with E-state index in [2.05, 4.69) is 47.8 Å². The standard InChI is InChI=1S/C15H21N3/c1-12-4-7-14(8-5-12)15(16-2)9-6-13-10-17-18(3)11-13/h4-5,7-8,10-11,15-16H,6,9H2,1-3H3. The van der Waals surface area contributed by atoms with Gasteiger partial charge in [0.15, 0.2) is 0 Å². The summed E-state index contributed by atoms with van der Waals surface area (Å²) in [6, 6.07) is 9.17. The van der Waals surface area contributed by atoms with E-state index in [4.69, 9.17) is 0 Å². The lowest BCUT2D eigenvalue weighted by Gasteiger charge is -2.16. The van der Waals surface area contributed by atoms with Gasteiger partial charge >= 0.3 is 0 Å². The molecule has 2 aromatic rings. The molecule has 0 bridgehead atoms. The molecular weight excluding hydrogens is 222 g/mol. The highest BCUT2D eigenvalue weighted by Crippen LogP contribution is 2.19. The van der Waals surface area contributed by atoms with Crippen molar-refractivity contribution in [2.24, 2.45) is 7.05 Å². The van der Waals surface area contributed by atoms with Crippen LogP contribution < -0.4 is 5.32 Å². The van der Waals surface area contributed by atoms with Crippen molar-refractivity contribution >= 4 is 0 Å². The first-order valence-electron chi connectivity index (χ1n) is 6.40. The van der Waals surface area contributed by atoms with Crippen molar-refractivity contribution in [1.29, 1.82) is 0 Å². The molecule has 96 valence electrons. The van der Waals surface area contributed by atoms with Gasteiger partial charge < -0.3 is 5.32 Å². The number of aromatic nitrogens is 2. The summed E-state index contributed by atoms with van der Waals surface area (Å²) in [5.41, 5.74) is 3.96. The highest BCUT2D eigenvalue weighted by atomic mass is 15.2. The first kappa shape index (κ1) is 12.8. The van der Waals surface area contributed by atoms with Crippen LogP contribution in [-0.4, -0.2) is 16.8 Å². The van der Waals surface area contributed by atoms with Gasteiger partial charge in [-0.2, -0.15) is 5.10 Å². The molecule has 0 aliphatic heterocycles. The van der Waals surface area contributed by atoms with Crippen molar-refractivity contribution in [1.82, 2.24) is 15.1 Å². The second kappa shape index (κ2) is 5.83. The predicted molar refractivity (Wildman–Crippen MR) is 74.5 cm³/mol. The van der Waals surface area contributed by atoms with E-state index < -0.39 is 0 Å². The molecule has 1 heterocycles. The van der Waals surface area contributed by atoms with Crippen LogP contribution in [0.3, 0.4) is 0 Å². The number of nitrogens with zero attached hydrogens (tertiary/aromatic N) is 2. The molecule has 1 aromatic heterocycles. The maximum atomic E-state index is 4.20. The van der Waals surface area contributed by atoms with Crippen LogP contribution in [-0.2, 0) is 13.5 Å². The van der Waals surface area contributed by atoms with E-state index in [9.17, 15) is 0 Å². The topological polar surface area (TPSA) is 29.9 Å². The number of aryl methyl sites for hydroxylation is 3. The zero-order valence-corrected chi connectivity index (χ0v) is 11.4. The monoisotopic (exact) mass is 243 g/mol. The van der Waals surface area contributed by atoms with Crippen molar-refractivity contribution in [3.8, 4) is 0 Å². The Morgan fingerprint density at radius 3 is 2.56 bits per heavy atom. The van der Waals surface area contributed by atoms with Crippen LogP contribution in [0.15, 0.2) is 36.7 Å². The van der Waals surface area contributed by atoms with Gasteiger partial charge in [0.1, 0.15) is 0 Å². The Hall–Kier alpha value is -1.61. The third kappa shape index (κ3) is 3.20. The smallest absolute Gasteiger partial charge is 0.0521 e. The Morgan fingerprint density at radius 1 is 1.28 bits per heavy atom. The van der Waals surface area contributed by atoms with E-state index in [0.717, 1.165) is 12.8 Å². The SMILES string of the molecule is CNC(CCc1cnn(C)c1)c1ccc(C)cc1. The van der Waals surface area contributed by atoms with Crippen molar-refractivity contribution in [2.45, 2.75) is 25.8 Å². The van der Waals surface area contributed by atoms with Gasteiger partial charge in [0.05, 0.1) is 6.20 Å². The summed E-state index contributed by atoms with van der Waals surface area (Å²) >= 11 is 0. The minimum atomic E-state index is 0.408. The summed E-state index contributed by atoms with van der Waals surface area (Å²) in [5, 5.41) is 7.59. The molecule has 0 aliphatic rings.